The molecule has 0 fully saturated rings. The number of pyridine rings is 1. The summed E-state index contributed by atoms with van der Waals surface area (Å²) in [5, 5.41) is 9.80. The number of nitrogens with zero attached hydrogens (tertiary/aromatic N) is 4. The van der Waals surface area contributed by atoms with Crippen LogP contribution < -0.4 is 5.32 Å². The predicted octanol–water partition coefficient (Wildman–Crippen LogP) is 3.77. The molecular weight excluding hydrogens is 414 g/mol. The van der Waals surface area contributed by atoms with Gasteiger partial charge in [0.2, 0.25) is 5.91 Å². The van der Waals surface area contributed by atoms with E-state index in [1.54, 1.807) is 6.20 Å². The minimum Gasteiger partial charge on any atom is -0.346 e. The number of benzene rings is 2. The van der Waals surface area contributed by atoms with E-state index in [0.29, 0.717) is 12.2 Å². The molecule has 7 nitrogen and oxygen atoms in total. The third-order valence-electron chi connectivity index (χ3n) is 5.72. The number of hydrogen-bond donors (Lipinski definition) is 1. The van der Waals surface area contributed by atoms with Crippen molar-refractivity contribution in [2.75, 3.05) is 6.54 Å². The molecule has 0 bridgehead atoms. The van der Waals surface area contributed by atoms with Crippen LogP contribution in [0.15, 0.2) is 90.2 Å². The van der Waals surface area contributed by atoms with Crippen molar-refractivity contribution in [1.82, 2.24) is 19.9 Å². The average Bonchev–Trinajstić information content (AvgIpc) is 3.15. The highest BCUT2D eigenvalue weighted by Gasteiger charge is 2.28. The molecule has 1 aliphatic rings. The number of hydrogen-bond acceptors (Lipinski definition) is 4. The van der Waals surface area contributed by atoms with Crippen molar-refractivity contribution in [3.05, 3.63) is 102 Å². The van der Waals surface area contributed by atoms with Gasteiger partial charge in [-0.1, -0.05) is 54.6 Å². The lowest BCUT2D eigenvalue weighted by atomic mass is 10.1. The first kappa shape index (κ1) is 20.6. The number of para-hydroxylation sites is 1. The van der Waals surface area contributed by atoms with Gasteiger partial charge in [0.05, 0.1) is 24.0 Å². The van der Waals surface area contributed by atoms with Crippen LogP contribution in [-0.2, 0) is 11.3 Å². The van der Waals surface area contributed by atoms with Gasteiger partial charge in [-0.3, -0.25) is 14.6 Å². The normalized spacial score (nSPS) is 14.4. The van der Waals surface area contributed by atoms with E-state index in [9.17, 15) is 9.59 Å². The van der Waals surface area contributed by atoms with Gasteiger partial charge >= 0.3 is 0 Å². The summed E-state index contributed by atoms with van der Waals surface area (Å²) in [5.41, 5.74) is 3.84. The summed E-state index contributed by atoms with van der Waals surface area (Å²) in [6.07, 6.45) is 1.69. The monoisotopic (exact) mass is 437 g/mol. The Morgan fingerprint density at radius 1 is 1.03 bits per heavy atom. The van der Waals surface area contributed by atoms with Crippen molar-refractivity contribution in [1.29, 1.82) is 0 Å². The summed E-state index contributed by atoms with van der Waals surface area (Å²) in [4.78, 5) is 30.6. The van der Waals surface area contributed by atoms with Gasteiger partial charge in [0.25, 0.3) is 5.91 Å². The van der Waals surface area contributed by atoms with Crippen molar-refractivity contribution in [2.45, 2.75) is 19.5 Å². The van der Waals surface area contributed by atoms with Crippen LogP contribution in [0.25, 0.3) is 10.9 Å². The fraction of sp³-hybridized carbons (Fsp3) is 0.154. The molecule has 4 aromatic rings. The summed E-state index contributed by atoms with van der Waals surface area (Å²) in [5.74, 6) is -0.611. The summed E-state index contributed by atoms with van der Waals surface area (Å²) < 4.78 is 1.97. The molecule has 1 atom stereocenters. The van der Waals surface area contributed by atoms with Crippen LogP contribution in [0, 0.1) is 0 Å². The molecule has 2 aromatic carbocycles. The van der Waals surface area contributed by atoms with Crippen LogP contribution in [0.3, 0.4) is 0 Å². The molecule has 0 saturated heterocycles. The zero-order valence-electron chi connectivity index (χ0n) is 18.2. The highest BCUT2D eigenvalue weighted by atomic mass is 16.2. The molecule has 33 heavy (non-hydrogen) atoms. The number of carbonyl (C=O) groups excluding carboxylic acids is 2. The van der Waals surface area contributed by atoms with Gasteiger partial charge in [0.1, 0.15) is 12.2 Å². The number of hydrazone groups is 1. The van der Waals surface area contributed by atoms with Gasteiger partial charge in [-0.2, -0.15) is 5.10 Å². The molecule has 7 heteroatoms. The molecule has 0 saturated carbocycles. The number of carbonyl (C=O) groups is 2. The molecule has 2 aromatic heterocycles. The van der Waals surface area contributed by atoms with E-state index in [4.69, 9.17) is 0 Å². The Morgan fingerprint density at radius 3 is 2.58 bits per heavy atom. The lowest BCUT2D eigenvalue weighted by molar-refractivity contribution is -0.122. The molecule has 3 heterocycles. The summed E-state index contributed by atoms with van der Waals surface area (Å²) in [7, 11) is 0. The number of nitrogens with one attached hydrogen (secondary N) is 1. The Labute approximate surface area is 191 Å². The molecule has 0 spiro atoms. The Bertz CT molecular complexity index is 1350. The quantitative estimate of drug-likeness (QED) is 0.516. The van der Waals surface area contributed by atoms with Crippen molar-refractivity contribution in [3.63, 3.8) is 0 Å². The van der Waals surface area contributed by atoms with E-state index in [2.05, 4.69) is 15.4 Å². The summed E-state index contributed by atoms with van der Waals surface area (Å²) in [6, 6.07) is 24.7. The first-order valence-corrected chi connectivity index (χ1v) is 10.8. The second-order valence-corrected chi connectivity index (χ2v) is 7.99. The molecule has 1 aliphatic heterocycles. The van der Waals surface area contributed by atoms with Gasteiger partial charge in [-0.05, 0) is 36.8 Å². The first-order chi connectivity index (χ1) is 16.1. The fourth-order valence-corrected chi connectivity index (χ4v) is 4.08. The Balaban J connectivity index is 1.48. The summed E-state index contributed by atoms with van der Waals surface area (Å²) in [6.45, 7) is 2.11. The van der Waals surface area contributed by atoms with Gasteiger partial charge in [-0.25, -0.2) is 5.01 Å². The molecular formula is C26H23N5O2. The molecule has 0 aliphatic carbocycles. The molecule has 2 amide bonds. The maximum atomic E-state index is 13.5. The zero-order chi connectivity index (χ0) is 22.8. The largest absolute Gasteiger partial charge is 0.346 e. The number of aromatic nitrogens is 2. The second kappa shape index (κ2) is 8.70. The summed E-state index contributed by atoms with van der Waals surface area (Å²) >= 11 is 0. The van der Waals surface area contributed by atoms with E-state index < -0.39 is 0 Å². The SMILES string of the molecule is CC(NC(=O)CN1N=C(c2ccccc2)Cn2c(cc3ccccc32)C1=O)c1ccccn1. The van der Waals surface area contributed by atoms with Gasteiger partial charge in [0, 0.05) is 17.1 Å². The third-order valence-corrected chi connectivity index (χ3v) is 5.72. The van der Waals surface area contributed by atoms with Crippen LogP contribution in [0.2, 0.25) is 0 Å². The second-order valence-electron chi connectivity index (χ2n) is 7.99. The highest BCUT2D eigenvalue weighted by Crippen LogP contribution is 2.24. The van der Waals surface area contributed by atoms with Crippen LogP contribution in [-0.4, -0.2) is 38.6 Å². The highest BCUT2D eigenvalue weighted by molar-refractivity contribution is 6.07. The third kappa shape index (κ3) is 4.13. The van der Waals surface area contributed by atoms with Crippen LogP contribution in [0.1, 0.15) is 34.7 Å². The minimum absolute atomic E-state index is 0.187. The number of fused-ring (bicyclic) bond motifs is 3. The Morgan fingerprint density at radius 2 is 1.79 bits per heavy atom. The predicted molar refractivity (Wildman–Crippen MR) is 127 cm³/mol. The molecule has 0 radical (unpaired) electrons. The van der Waals surface area contributed by atoms with Gasteiger partial charge in [-0.15, -0.1) is 0 Å². The Hall–Kier alpha value is -4.26. The van der Waals surface area contributed by atoms with Gasteiger partial charge in [0.15, 0.2) is 0 Å². The van der Waals surface area contributed by atoms with Crippen LogP contribution >= 0.6 is 0 Å². The minimum atomic E-state index is -0.308. The van der Waals surface area contributed by atoms with Crippen molar-refractivity contribution in [2.24, 2.45) is 5.10 Å². The maximum Gasteiger partial charge on any atom is 0.291 e. The molecule has 1 N–H and O–H groups in total. The molecule has 1 unspecified atom stereocenters. The zero-order valence-corrected chi connectivity index (χ0v) is 18.2. The van der Waals surface area contributed by atoms with E-state index in [1.165, 1.54) is 5.01 Å². The van der Waals surface area contributed by atoms with E-state index in [-0.39, 0.29) is 24.4 Å². The Kier molecular flexibility index (Phi) is 5.44. The smallest absolute Gasteiger partial charge is 0.291 e. The fourth-order valence-electron chi connectivity index (χ4n) is 4.08. The van der Waals surface area contributed by atoms with Crippen LogP contribution in [0.4, 0.5) is 0 Å². The van der Waals surface area contributed by atoms with Crippen molar-refractivity contribution >= 4 is 28.4 Å². The first-order valence-electron chi connectivity index (χ1n) is 10.8. The maximum absolute atomic E-state index is 13.5. The average molecular weight is 438 g/mol. The lowest BCUT2D eigenvalue weighted by Gasteiger charge is -2.18. The van der Waals surface area contributed by atoms with E-state index in [1.807, 2.05) is 90.4 Å². The number of rotatable bonds is 5. The van der Waals surface area contributed by atoms with E-state index >= 15 is 0 Å². The van der Waals surface area contributed by atoms with Crippen molar-refractivity contribution < 1.29 is 9.59 Å². The van der Waals surface area contributed by atoms with Crippen molar-refractivity contribution in [3.8, 4) is 0 Å². The standard InChI is InChI=1S/C26H23N5O2/c1-18(21-12-7-8-14-27-21)28-25(32)17-31-26(33)24-15-20-11-5-6-13-23(20)30(24)16-22(29-31)19-9-3-2-4-10-19/h2-15,18H,16-17H2,1H3,(H,28,32). The van der Waals surface area contributed by atoms with Gasteiger partial charge < -0.3 is 9.88 Å². The topological polar surface area (TPSA) is 79.6 Å². The number of amides is 2. The molecule has 164 valence electrons. The lowest BCUT2D eigenvalue weighted by Crippen LogP contribution is -2.39. The van der Waals surface area contributed by atoms with E-state index in [0.717, 1.165) is 27.9 Å². The van der Waals surface area contributed by atoms with Crippen LogP contribution in [0.5, 0.6) is 0 Å². The molecule has 5 rings (SSSR count).